The average molecular weight is 400 g/mol. The molecule has 0 aliphatic rings. The molecule has 1 aromatic heterocycles. The quantitative estimate of drug-likeness (QED) is 0.453. The Morgan fingerprint density at radius 2 is 1.82 bits per heavy atom. The fraction of sp³-hybridized carbons (Fsp3) is 0.105. The van der Waals surface area contributed by atoms with E-state index in [2.05, 4.69) is 10.2 Å². The topological polar surface area (TPSA) is 115 Å². The van der Waals surface area contributed by atoms with Gasteiger partial charge in [0.05, 0.1) is 14.2 Å². The number of methoxy groups -OCH3 is 2. The number of nitrogens with zero attached hydrogens (tertiary/aromatic N) is 2. The van der Waals surface area contributed by atoms with Crippen LogP contribution in [0.4, 0.5) is 0 Å². The molecule has 2 N–H and O–H groups in total. The number of phenolic OH excluding ortho intramolecular Hbond substituents is 1. The van der Waals surface area contributed by atoms with E-state index in [-0.39, 0.29) is 21.8 Å². The van der Waals surface area contributed by atoms with Gasteiger partial charge in [-0.2, -0.15) is 0 Å². The van der Waals surface area contributed by atoms with Crippen molar-refractivity contribution in [1.29, 1.82) is 0 Å². The molecule has 0 aliphatic carbocycles. The molecule has 0 unspecified atom stereocenters. The molecule has 0 saturated heterocycles. The Balaban J connectivity index is 1.88. The fourth-order valence-corrected chi connectivity index (χ4v) is 2.97. The normalized spacial score (nSPS) is 11.3. The molecular formula is C19H16N2O6S. The third-order valence-corrected chi connectivity index (χ3v) is 4.43. The number of carbonyl (C=O) groups is 1. The van der Waals surface area contributed by atoms with Gasteiger partial charge in [-0.05, 0) is 47.7 Å². The van der Waals surface area contributed by atoms with Gasteiger partial charge in [0.15, 0.2) is 0 Å². The largest absolute Gasteiger partial charge is 0.508 e. The van der Waals surface area contributed by atoms with Crippen LogP contribution >= 0.6 is 11.8 Å². The fourth-order valence-electron chi connectivity index (χ4n) is 2.29. The van der Waals surface area contributed by atoms with E-state index in [9.17, 15) is 15.0 Å². The van der Waals surface area contributed by atoms with E-state index < -0.39 is 5.97 Å². The second kappa shape index (κ2) is 8.49. The minimum absolute atomic E-state index is 0.0375. The summed E-state index contributed by atoms with van der Waals surface area (Å²) in [6.45, 7) is 0. The number of aliphatic carboxylic acids is 1. The molecule has 2 aromatic carbocycles. The van der Waals surface area contributed by atoms with Crippen LogP contribution in [0.2, 0.25) is 0 Å². The maximum Gasteiger partial charge on any atom is 0.342 e. The molecule has 0 spiro atoms. The molecule has 0 fully saturated rings. The third-order valence-electron chi connectivity index (χ3n) is 3.58. The Kier molecular flexibility index (Phi) is 5.85. The minimum atomic E-state index is -1.16. The van der Waals surface area contributed by atoms with Crippen molar-refractivity contribution in [2.75, 3.05) is 14.2 Å². The Morgan fingerprint density at radius 3 is 2.43 bits per heavy atom. The number of hydrogen-bond acceptors (Lipinski definition) is 8. The van der Waals surface area contributed by atoms with E-state index >= 15 is 0 Å². The second-order valence-corrected chi connectivity index (χ2v) is 6.48. The zero-order chi connectivity index (χ0) is 20.1. The van der Waals surface area contributed by atoms with Crippen molar-refractivity contribution in [1.82, 2.24) is 10.2 Å². The number of carboxylic acids is 1. The summed E-state index contributed by atoms with van der Waals surface area (Å²) in [7, 11) is 3.05. The molecule has 0 amide bonds. The molecule has 144 valence electrons. The van der Waals surface area contributed by atoms with Crippen molar-refractivity contribution >= 4 is 23.8 Å². The first-order valence-electron chi connectivity index (χ1n) is 7.97. The maximum absolute atomic E-state index is 11.6. The van der Waals surface area contributed by atoms with E-state index in [1.165, 1.54) is 32.4 Å². The van der Waals surface area contributed by atoms with Gasteiger partial charge in [0.1, 0.15) is 22.2 Å². The molecule has 0 saturated carbocycles. The smallest absolute Gasteiger partial charge is 0.342 e. The Bertz CT molecular complexity index is 1010. The third kappa shape index (κ3) is 4.63. The van der Waals surface area contributed by atoms with E-state index in [4.69, 9.17) is 13.9 Å². The lowest BCUT2D eigenvalue weighted by Crippen LogP contribution is -1.96. The number of aromatic hydroxyl groups is 1. The van der Waals surface area contributed by atoms with Gasteiger partial charge in [0.2, 0.25) is 5.89 Å². The highest BCUT2D eigenvalue weighted by molar-refractivity contribution is 8.03. The standard InChI is InChI=1S/C19H16N2O6S/c1-25-14-8-12(9-15(10-14)26-2)17-20-21-19(27-17)28-16(18(23)24)7-11-4-3-5-13(22)6-11/h3-10,22H,1-2H3,(H,23,24)/b16-7-. The molecule has 28 heavy (non-hydrogen) atoms. The maximum atomic E-state index is 11.6. The van der Waals surface area contributed by atoms with Crippen molar-refractivity contribution in [2.24, 2.45) is 0 Å². The Morgan fingerprint density at radius 1 is 1.11 bits per heavy atom. The molecule has 0 bridgehead atoms. The van der Waals surface area contributed by atoms with E-state index in [0.29, 0.717) is 22.6 Å². The number of ether oxygens (including phenoxy) is 2. The van der Waals surface area contributed by atoms with Gasteiger partial charge in [0, 0.05) is 11.6 Å². The molecule has 0 atom stereocenters. The Hall–Kier alpha value is -3.46. The first kappa shape index (κ1) is 19.3. The number of phenols is 1. The first-order valence-corrected chi connectivity index (χ1v) is 8.79. The van der Waals surface area contributed by atoms with Gasteiger partial charge in [-0.25, -0.2) is 4.79 Å². The van der Waals surface area contributed by atoms with Gasteiger partial charge in [-0.3, -0.25) is 0 Å². The molecule has 3 rings (SSSR count). The monoisotopic (exact) mass is 400 g/mol. The van der Waals surface area contributed by atoms with Crippen LogP contribution in [0.15, 0.2) is 57.0 Å². The van der Waals surface area contributed by atoms with Crippen LogP contribution in [0.1, 0.15) is 5.56 Å². The molecule has 1 heterocycles. The van der Waals surface area contributed by atoms with Gasteiger partial charge in [-0.1, -0.05) is 12.1 Å². The van der Waals surface area contributed by atoms with Gasteiger partial charge >= 0.3 is 5.97 Å². The summed E-state index contributed by atoms with van der Waals surface area (Å²) in [6.07, 6.45) is 1.41. The highest BCUT2D eigenvalue weighted by atomic mass is 32.2. The van der Waals surface area contributed by atoms with Crippen LogP contribution in [-0.2, 0) is 4.79 Å². The van der Waals surface area contributed by atoms with Crippen molar-refractivity contribution < 1.29 is 28.9 Å². The van der Waals surface area contributed by atoms with Crippen LogP contribution < -0.4 is 9.47 Å². The zero-order valence-electron chi connectivity index (χ0n) is 14.9. The number of hydrogen-bond donors (Lipinski definition) is 2. The average Bonchev–Trinajstić information content (AvgIpc) is 3.15. The van der Waals surface area contributed by atoms with Crippen LogP contribution in [0, 0.1) is 0 Å². The predicted octanol–water partition coefficient (Wildman–Crippen LogP) is 3.68. The van der Waals surface area contributed by atoms with Crippen molar-refractivity contribution in [2.45, 2.75) is 5.22 Å². The second-order valence-electron chi connectivity index (χ2n) is 5.49. The summed E-state index contributed by atoms with van der Waals surface area (Å²) >= 11 is 0.810. The SMILES string of the molecule is COc1cc(OC)cc(-c2nnc(S/C(=C\c3cccc(O)c3)C(=O)O)o2)c1. The van der Waals surface area contributed by atoms with E-state index in [1.807, 2.05) is 0 Å². The molecular weight excluding hydrogens is 384 g/mol. The summed E-state index contributed by atoms with van der Waals surface area (Å²) < 4.78 is 16.0. The summed E-state index contributed by atoms with van der Waals surface area (Å²) in [5.74, 6) is 0.182. The molecule has 3 aromatic rings. The lowest BCUT2D eigenvalue weighted by Gasteiger charge is -2.05. The minimum Gasteiger partial charge on any atom is -0.508 e. The van der Waals surface area contributed by atoms with Gasteiger partial charge < -0.3 is 24.1 Å². The highest BCUT2D eigenvalue weighted by Crippen LogP contribution is 2.33. The number of benzene rings is 2. The van der Waals surface area contributed by atoms with E-state index in [0.717, 1.165) is 11.8 Å². The van der Waals surface area contributed by atoms with Gasteiger partial charge in [0.25, 0.3) is 5.22 Å². The number of aromatic nitrogens is 2. The highest BCUT2D eigenvalue weighted by Gasteiger charge is 2.17. The summed E-state index contributed by atoms with van der Waals surface area (Å²) in [5, 5.41) is 26.9. The summed E-state index contributed by atoms with van der Waals surface area (Å²) in [6, 6.07) is 11.3. The zero-order valence-corrected chi connectivity index (χ0v) is 15.8. The lowest BCUT2D eigenvalue weighted by atomic mass is 10.2. The van der Waals surface area contributed by atoms with Crippen LogP contribution in [0.5, 0.6) is 17.2 Å². The number of thioether (sulfide) groups is 1. The van der Waals surface area contributed by atoms with E-state index in [1.54, 1.807) is 30.3 Å². The van der Waals surface area contributed by atoms with Crippen LogP contribution in [-0.4, -0.2) is 40.6 Å². The van der Waals surface area contributed by atoms with Gasteiger partial charge in [-0.15, -0.1) is 10.2 Å². The molecule has 9 heteroatoms. The number of rotatable bonds is 7. The lowest BCUT2D eigenvalue weighted by molar-refractivity contribution is -0.131. The van der Waals surface area contributed by atoms with Crippen molar-refractivity contribution in [3.63, 3.8) is 0 Å². The molecule has 0 aliphatic heterocycles. The summed E-state index contributed by atoms with van der Waals surface area (Å²) in [5.41, 5.74) is 1.10. The number of carboxylic acid groups (broad SMARTS) is 1. The van der Waals surface area contributed by atoms with Crippen LogP contribution in [0.3, 0.4) is 0 Å². The van der Waals surface area contributed by atoms with Crippen molar-refractivity contribution in [3.05, 3.63) is 52.9 Å². The molecule has 0 radical (unpaired) electrons. The first-order chi connectivity index (χ1) is 13.5. The Labute approximate surface area is 164 Å². The van der Waals surface area contributed by atoms with Crippen molar-refractivity contribution in [3.8, 4) is 28.7 Å². The molecule has 8 nitrogen and oxygen atoms in total. The predicted molar refractivity (Wildman–Crippen MR) is 102 cm³/mol. The van der Waals surface area contributed by atoms with Crippen LogP contribution in [0.25, 0.3) is 17.5 Å². The summed E-state index contributed by atoms with van der Waals surface area (Å²) in [4.78, 5) is 11.5.